The van der Waals surface area contributed by atoms with Crippen LogP contribution in [-0.2, 0) is 0 Å². The second-order valence-electron chi connectivity index (χ2n) is 4.94. The van der Waals surface area contributed by atoms with Gasteiger partial charge in [-0.3, -0.25) is 5.32 Å². The monoisotopic (exact) mass is 297 g/mol. The Morgan fingerprint density at radius 1 is 1.00 bits per heavy atom. The van der Waals surface area contributed by atoms with Crippen molar-refractivity contribution in [2.45, 2.75) is 13.8 Å². The largest absolute Gasteiger partial charge is 0.325 e. The topological polar surface area (TPSA) is 54.0 Å². The number of aromatic nitrogens is 1. The van der Waals surface area contributed by atoms with E-state index in [2.05, 4.69) is 21.7 Å². The lowest BCUT2D eigenvalue weighted by molar-refractivity contribution is 0.262. The van der Waals surface area contributed by atoms with Gasteiger partial charge >= 0.3 is 6.03 Å². The molecule has 0 radical (unpaired) electrons. The molecule has 0 aliphatic carbocycles. The minimum Gasteiger partial charge on any atom is -0.308 e. The number of thiazole rings is 1. The highest BCUT2D eigenvalue weighted by molar-refractivity contribution is 7.22. The summed E-state index contributed by atoms with van der Waals surface area (Å²) in [5.74, 6) is 0. The molecule has 2 aromatic carbocycles. The summed E-state index contributed by atoms with van der Waals surface area (Å²) in [5, 5.41) is 6.16. The summed E-state index contributed by atoms with van der Waals surface area (Å²) < 4.78 is 1.07. The summed E-state index contributed by atoms with van der Waals surface area (Å²) in [4.78, 5) is 16.4. The first-order valence-corrected chi connectivity index (χ1v) is 7.44. The molecule has 0 bridgehead atoms. The van der Waals surface area contributed by atoms with E-state index in [-0.39, 0.29) is 6.03 Å². The van der Waals surface area contributed by atoms with Crippen molar-refractivity contribution in [3.05, 3.63) is 53.6 Å². The number of hydrogen-bond donors (Lipinski definition) is 2. The van der Waals surface area contributed by atoms with Crippen molar-refractivity contribution in [3.8, 4) is 0 Å². The van der Waals surface area contributed by atoms with Crippen LogP contribution in [0.2, 0.25) is 0 Å². The van der Waals surface area contributed by atoms with Gasteiger partial charge < -0.3 is 5.32 Å². The number of hydrogen-bond acceptors (Lipinski definition) is 3. The maximum Gasteiger partial charge on any atom is 0.325 e. The lowest BCUT2D eigenvalue weighted by Crippen LogP contribution is -2.19. The molecular formula is C16H15N3OS. The minimum atomic E-state index is -0.283. The molecule has 0 spiro atoms. The number of amides is 2. The normalized spacial score (nSPS) is 10.6. The first kappa shape index (κ1) is 13.6. The zero-order chi connectivity index (χ0) is 14.8. The van der Waals surface area contributed by atoms with Gasteiger partial charge in [-0.15, -0.1) is 0 Å². The number of rotatable bonds is 2. The SMILES string of the molecule is Cc1ccc(NC(=O)Nc2nc3ccc(C)cc3s2)cc1. The summed E-state index contributed by atoms with van der Waals surface area (Å²) in [6, 6.07) is 13.4. The van der Waals surface area contributed by atoms with E-state index in [4.69, 9.17) is 0 Å². The summed E-state index contributed by atoms with van der Waals surface area (Å²) in [5.41, 5.74) is 4.00. The van der Waals surface area contributed by atoms with E-state index in [0.717, 1.165) is 21.5 Å². The fourth-order valence-corrected chi connectivity index (χ4v) is 2.94. The Bertz CT molecular complexity index is 793. The van der Waals surface area contributed by atoms with E-state index in [1.807, 2.05) is 50.2 Å². The lowest BCUT2D eigenvalue weighted by Gasteiger charge is -2.05. The van der Waals surface area contributed by atoms with Crippen molar-refractivity contribution in [3.63, 3.8) is 0 Å². The van der Waals surface area contributed by atoms with E-state index >= 15 is 0 Å². The number of anilines is 2. The van der Waals surface area contributed by atoms with Gasteiger partial charge in [-0.2, -0.15) is 0 Å². The third kappa shape index (κ3) is 3.20. The maximum absolute atomic E-state index is 12.0. The zero-order valence-electron chi connectivity index (χ0n) is 11.8. The Labute approximate surface area is 126 Å². The van der Waals surface area contributed by atoms with Crippen molar-refractivity contribution >= 4 is 38.4 Å². The van der Waals surface area contributed by atoms with Crippen LogP contribution in [0.15, 0.2) is 42.5 Å². The number of fused-ring (bicyclic) bond motifs is 1. The third-order valence-electron chi connectivity index (χ3n) is 3.07. The molecule has 0 saturated heterocycles. The average Bonchev–Trinajstić information content (AvgIpc) is 2.82. The molecular weight excluding hydrogens is 282 g/mol. The van der Waals surface area contributed by atoms with Crippen LogP contribution in [0.5, 0.6) is 0 Å². The molecule has 3 aromatic rings. The summed E-state index contributed by atoms with van der Waals surface area (Å²) >= 11 is 1.47. The van der Waals surface area contributed by atoms with Crippen molar-refractivity contribution in [2.75, 3.05) is 10.6 Å². The summed E-state index contributed by atoms with van der Waals surface area (Å²) in [7, 11) is 0. The Morgan fingerprint density at radius 2 is 1.71 bits per heavy atom. The number of urea groups is 1. The van der Waals surface area contributed by atoms with E-state index in [0.29, 0.717) is 5.13 Å². The van der Waals surface area contributed by atoms with Gasteiger partial charge in [0.05, 0.1) is 10.2 Å². The predicted molar refractivity (Wildman–Crippen MR) is 88.2 cm³/mol. The van der Waals surface area contributed by atoms with Crippen LogP contribution >= 0.6 is 11.3 Å². The Kier molecular flexibility index (Phi) is 3.58. The molecule has 3 rings (SSSR count). The number of benzene rings is 2. The highest BCUT2D eigenvalue weighted by Gasteiger charge is 2.08. The van der Waals surface area contributed by atoms with E-state index in [1.54, 1.807) is 0 Å². The van der Waals surface area contributed by atoms with Crippen LogP contribution < -0.4 is 10.6 Å². The first-order valence-electron chi connectivity index (χ1n) is 6.62. The van der Waals surface area contributed by atoms with Crippen molar-refractivity contribution in [1.29, 1.82) is 0 Å². The number of nitrogens with one attached hydrogen (secondary N) is 2. The highest BCUT2D eigenvalue weighted by Crippen LogP contribution is 2.26. The number of nitrogens with zero attached hydrogens (tertiary/aromatic N) is 1. The number of aryl methyl sites for hydroxylation is 2. The van der Waals surface area contributed by atoms with Gasteiger partial charge in [0.15, 0.2) is 5.13 Å². The smallest absolute Gasteiger partial charge is 0.308 e. The standard InChI is InChI=1S/C16H15N3OS/c1-10-3-6-12(7-4-10)17-15(20)19-16-18-13-8-5-11(2)9-14(13)21-16/h3-9H,1-2H3,(H2,17,18,19,20). The van der Waals surface area contributed by atoms with Crippen molar-refractivity contribution in [2.24, 2.45) is 0 Å². The first-order chi connectivity index (χ1) is 10.1. The molecule has 0 unspecified atom stereocenters. The molecule has 2 N–H and O–H groups in total. The van der Waals surface area contributed by atoms with Gasteiger partial charge in [0.1, 0.15) is 0 Å². The van der Waals surface area contributed by atoms with Crippen molar-refractivity contribution < 1.29 is 4.79 Å². The third-order valence-corrected chi connectivity index (χ3v) is 4.01. The Morgan fingerprint density at radius 3 is 2.48 bits per heavy atom. The van der Waals surface area contributed by atoms with Gasteiger partial charge in [-0.05, 0) is 43.7 Å². The Balaban J connectivity index is 1.72. The molecule has 1 aromatic heterocycles. The second kappa shape index (κ2) is 5.54. The van der Waals surface area contributed by atoms with Gasteiger partial charge in [0.25, 0.3) is 0 Å². The molecule has 106 valence electrons. The fraction of sp³-hybridized carbons (Fsp3) is 0.125. The molecule has 4 nitrogen and oxygen atoms in total. The van der Waals surface area contributed by atoms with Crippen LogP contribution in [0.1, 0.15) is 11.1 Å². The molecule has 0 fully saturated rings. The highest BCUT2D eigenvalue weighted by atomic mass is 32.1. The van der Waals surface area contributed by atoms with Gasteiger partial charge in [-0.1, -0.05) is 35.1 Å². The molecule has 0 saturated carbocycles. The molecule has 2 amide bonds. The van der Waals surface area contributed by atoms with Crippen LogP contribution in [0.25, 0.3) is 10.2 Å². The van der Waals surface area contributed by atoms with Crippen LogP contribution in [0.3, 0.4) is 0 Å². The number of carbonyl (C=O) groups excluding carboxylic acids is 1. The van der Waals surface area contributed by atoms with Crippen molar-refractivity contribution in [1.82, 2.24) is 4.98 Å². The van der Waals surface area contributed by atoms with Gasteiger partial charge in [-0.25, -0.2) is 9.78 Å². The summed E-state index contributed by atoms with van der Waals surface area (Å²) in [6.45, 7) is 4.04. The van der Waals surface area contributed by atoms with Crippen LogP contribution in [0.4, 0.5) is 15.6 Å². The summed E-state index contributed by atoms with van der Waals surface area (Å²) in [6.07, 6.45) is 0. The fourth-order valence-electron chi connectivity index (χ4n) is 1.98. The Hall–Kier alpha value is -2.40. The van der Waals surface area contributed by atoms with Gasteiger partial charge in [0.2, 0.25) is 0 Å². The predicted octanol–water partition coefficient (Wildman–Crippen LogP) is 4.56. The second-order valence-corrected chi connectivity index (χ2v) is 5.97. The minimum absolute atomic E-state index is 0.283. The van der Waals surface area contributed by atoms with E-state index in [1.165, 1.54) is 16.9 Å². The molecule has 0 aliphatic heterocycles. The average molecular weight is 297 g/mol. The van der Waals surface area contributed by atoms with E-state index in [9.17, 15) is 4.79 Å². The molecule has 0 atom stereocenters. The maximum atomic E-state index is 12.0. The quantitative estimate of drug-likeness (QED) is 0.728. The van der Waals surface area contributed by atoms with E-state index < -0.39 is 0 Å². The molecule has 0 aliphatic rings. The zero-order valence-corrected chi connectivity index (χ0v) is 12.6. The van der Waals surface area contributed by atoms with Gasteiger partial charge in [0, 0.05) is 5.69 Å². The molecule has 5 heteroatoms. The van der Waals surface area contributed by atoms with Crippen LogP contribution in [0, 0.1) is 13.8 Å². The number of carbonyl (C=O) groups is 1. The molecule has 1 heterocycles. The van der Waals surface area contributed by atoms with Crippen LogP contribution in [-0.4, -0.2) is 11.0 Å². The lowest BCUT2D eigenvalue weighted by atomic mass is 10.2. The molecule has 21 heavy (non-hydrogen) atoms.